The number of phenols is 1. The number of benzene rings is 1. The smallest absolute Gasteiger partial charge is 0.406 e. The molecule has 0 spiro atoms. The molecule has 0 atom stereocenters. The molecule has 100 valence electrons. The Hall–Kier alpha value is -1.76. The quantitative estimate of drug-likeness (QED) is 0.860. The molecule has 0 unspecified atom stereocenters. The summed E-state index contributed by atoms with van der Waals surface area (Å²) < 4.78 is 36.9. The van der Waals surface area contributed by atoms with Crippen LogP contribution in [0.5, 0.6) is 5.75 Å². The van der Waals surface area contributed by atoms with Crippen LogP contribution < -0.4 is 5.73 Å². The van der Waals surface area contributed by atoms with Gasteiger partial charge < -0.3 is 15.7 Å². The van der Waals surface area contributed by atoms with Crippen molar-refractivity contribution in [3.8, 4) is 5.75 Å². The minimum Gasteiger partial charge on any atom is -0.507 e. The lowest BCUT2D eigenvalue weighted by Crippen LogP contribution is -2.41. The zero-order valence-electron chi connectivity index (χ0n) is 9.44. The van der Waals surface area contributed by atoms with E-state index in [1.807, 2.05) is 0 Å². The fraction of sp³-hybridized carbons (Fsp3) is 0.364. The number of aromatic hydroxyl groups is 1. The van der Waals surface area contributed by atoms with E-state index in [0.29, 0.717) is 4.90 Å². The van der Waals surface area contributed by atoms with Crippen molar-refractivity contribution < 1.29 is 23.1 Å². The molecule has 1 aromatic carbocycles. The lowest BCUT2D eigenvalue weighted by atomic mass is 10.1. The van der Waals surface area contributed by atoms with Crippen LogP contribution in [0, 0.1) is 0 Å². The van der Waals surface area contributed by atoms with Crippen LogP contribution >= 0.6 is 0 Å². The van der Waals surface area contributed by atoms with Crippen LogP contribution in [0.2, 0.25) is 0 Å². The standard InChI is InChI=1S/C11H13F3N2O2/c12-11(13,14)7-16(6-5-15)10(18)8-3-1-2-4-9(8)17/h1-4,17H,5-7,15H2. The number of hydrogen-bond donors (Lipinski definition) is 2. The number of rotatable bonds is 4. The van der Waals surface area contributed by atoms with Gasteiger partial charge in [0.25, 0.3) is 5.91 Å². The summed E-state index contributed by atoms with van der Waals surface area (Å²) in [7, 11) is 0. The minimum absolute atomic E-state index is 0.0879. The summed E-state index contributed by atoms with van der Waals surface area (Å²) in [5, 5.41) is 9.44. The monoisotopic (exact) mass is 262 g/mol. The number of carbonyl (C=O) groups excluding carboxylic acids is 1. The van der Waals surface area contributed by atoms with Gasteiger partial charge >= 0.3 is 6.18 Å². The highest BCUT2D eigenvalue weighted by Crippen LogP contribution is 2.21. The van der Waals surface area contributed by atoms with Crippen LogP contribution in [0.4, 0.5) is 13.2 Å². The summed E-state index contributed by atoms with van der Waals surface area (Å²) in [5.41, 5.74) is 5.01. The van der Waals surface area contributed by atoms with Crippen molar-refractivity contribution in [2.75, 3.05) is 19.6 Å². The fourth-order valence-electron chi connectivity index (χ4n) is 1.45. The summed E-state index contributed by atoms with van der Waals surface area (Å²) in [6.07, 6.45) is -4.50. The molecule has 1 aromatic rings. The third-order valence-corrected chi connectivity index (χ3v) is 2.19. The molecule has 0 aliphatic rings. The van der Waals surface area contributed by atoms with E-state index in [4.69, 9.17) is 5.73 Å². The van der Waals surface area contributed by atoms with Crippen LogP contribution in [0.15, 0.2) is 24.3 Å². The van der Waals surface area contributed by atoms with Crippen LogP contribution in [0.3, 0.4) is 0 Å². The van der Waals surface area contributed by atoms with Gasteiger partial charge in [0.05, 0.1) is 5.56 Å². The SMILES string of the molecule is NCCN(CC(F)(F)F)C(=O)c1ccccc1O. The van der Waals surface area contributed by atoms with E-state index < -0.39 is 18.6 Å². The van der Waals surface area contributed by atoms with Gasteiger partial charge in [0.15, 0.2) is 0 Å². The lowest BCUT2D eigenvalue weighted by Gasteiger charge is -2.23. The molecule has 0 radical (unpaired) electrons. The van der Waals surface area contributed by atoms with Gasteiger partial charge in [-0.2, -0.15) is 13.2 Å². The van der Waals surface area contributed by atoms with Crippen LogP contribution in [0.25, 0.3) is 0 Å². The number of para-hydroxylation sites is 1. The Labute approximate surface area is 102 Å². The fourth-order valence-corrected chi connectivity index (χ4v) is 1.45. The van der Waals surface area contributed by atoms with E-state index in [9.17, 15) is 23.1 Å². The number of nitrogens with two attached hydrogens (primary N) is 1. The summed E-state index contributed by atoms with van der Waals surface area (Å²) in [5.74, 6) is -1.25. The van der Waals surface area contributed by atoms with Gasteiger partial charge in [-0.25, -0.2) is 0 Å². The molecular weight excluding hydrogens is 249 g/mol. The van der Waals surface area contributed by atoms with Gasteiger partial charge in [0.2, 0.25) is 0 Å². The molecule has 0 aliphatic carbocycles. The summed E-state index contributed by atoms with van der Waals surface area (Å²) in [6.45, 7) is -1.71. The molecule has 18 heavy (non-hydrogen) atoms. The predicted octanol–water partition coefficient (Wildman–Crippen LogP) is 1.36. The van der Waals surface area contributed by atoms with Gasteiger partial charge in [0.1, 0.15) is 12.3 Å². The van der Waals surface area contributed by atoms with Crippen molar-refractivity contribution in [2.45, 2.75) is 6.18 Å². The minimum atomic E-state index is -4.50. The van der Waals surface area contributed by atoms with E-state index in [2.05, 4.69) is 0 Å². The van der Waals surface area contributed by atoms with Crippen molar-refractivity contribution in [3.63, 3.8) is 0 Å². The maximum absolute atomic E-state index is 12.3. The Morgan fingerprint density at radius 3 is 2.44 bits per heavy atom. The van der Waals surface area contributed by atoms with Crippen molar-refractivity contribution >= 4 is 5.91 Å². The molecule has 0 bridgehead atoms. The highest BCUT2D eigenvalue weighted by molar-refractivity contribution is 5.96. The second-order valence-corrected chi connectivity index (χ2v) is 3.65. The topological polar surface area (TPSA) is 66.6 Å². The van der Waals surface area contributed by atoms with Crippen molar-refractivity contribution in [2.24, 2.45) is 5.73 Å². The molecular formula is C11H13F3N2O2. The molecule has 1 rings (SSSR count). The third-order valence-electron chi connectivity index (χ3n) is 2.19. The second kappa shape index (κ2) is 5.72. The molecule has 0 heterocycles. The first-order valence-electron chi connectivity index (χ1n) is 5.19. The van der Waals surface area contributed by atoms with E-state index in [1.165, 1.54) is 24.3 Å². The number of halogens is 3. The first-order valence-corrected chi connectivity index (χ1v) is 5.19. The van der Waals surface area contributed by atoms with Gasteiger partial charge in [-0.1, -0.05) is 12.1 Å². The second-order valence-electron chi connectivity index (χ2n) is 3.65. The summed E-state index contributed by atoms with van der Waals surface area (Å²) in [6, 6.07) is 5.43. The van der Waals surface area contributed by atoms with Gasteiger partial charge in [-0.3, -0.25) is 4.79 Å². The predicted molar refractivity (Wildman–Crippen MR) is 59.1 cm³/mol. The van der Waals surface area contributed by atoms with E-state index in [0.717, 1.165) is 0 Å². The average molecular weight is 262 g/mol. The highest BCUT2D eigenvalue weighted by Gasteiger charge is 2.33. The van der Waals surface area contributed by atoms with Crippen LogP contribution in [-0.4, -0.2) is 41.7 Å². The van der Waals surface area contributed by atoms with Crippen LogP contribution in [0.1, 0.15) is 10.4 Å². The van der Waals surface area contributed by atoms with Gasteiger partial charge in [0, 0.05) is 13.1 Å². The first kappa shape index (κ1) is 14.3. The Balaban J connectivity index is 2.93. The molecule has 7 heteroatoms. The Morgan fingerprint density at radius 2 is 1.94 bits per heavy atom. The average Bonchev–Trinajstić information content (AvgIpc) is 2.26. The molecule has 3 N–H and O–H groups in total. The summed E-state index contributed by atoms with van der Waals surface area (Å²) >= 11 is 0. The molecule has 1 amide bonds. The number of carbonyl (C=O) groups is 1. The number of alkyl halides is 3. The normalized spacial score (nSPS) is 11.3. The number of phenolic OH excluding ortho intramolecular Hbond substituents is 1. The van der Waals surface area contributed by atoms with Crippen LogP contribution in [-0.2, 0) is 0 Å². The highest BCUT2D eigenvalue weighted by atomic mass is 19.4. The van der Waals surface area contributed by atoms with Gasteiger partial charge in [-0.15, -0.1) is 0 Å². The van der Waals surface area contributed by atoms with E-state index in [1.54, 1.807) is 0 Å². The third kappa shape index (κ3) is 3.92. The number of nitrogens with zero attached hydrogens (tertiary/aromatic N) is 1. The molecule has 0 aromatic heterocycles. The molecule has 0 saturated carbocycles. The number of hydrogen-bond acceptors (Lipinski definition) is 3. The molecule has 4 nitrogen and oxygen atoms in total. The summed E-state index contributed by atoms with van der Waals surface area (Å²) in [4.78, 5) is 12.4. The maximum atomic E-state index is 12.3. The Kier molecular flexibility index (Phi) is 4.55. The van der Waals surface area contributed by atoms with E-state index in [-0.39, 0.29) is 24.4 Å². The zero-order chi connectivity index (χ0) is 13.8. The Bertz CT molecular complexity index is 421. The largest absolute Gasteiger partial charge is 0.507 e. The molecule has 0 aliphatic heterocycles. The number of amides is 1. The Morgan fingerprint density at radius 1 is 1.33 bits per heavy atom. The zero-order valence-corrected chi connectivity index (χ0v) is 9.44. The van der Waals surface area contributed by atoms with Crippen molar-refractivity contribution in [1.82, 2.24) is 4.90 Å². The van der Waals surface area contributed by atoms with Crippen molar-refractivity contribution in [1.29, 1.82) is 0 Å². The van der Waals surface area contributed by atoms with E-state index >= 15 is 0 Å². The van der Waals surface area contributed by atoms with Gasteiger partial charge in [-0.05, 0) is 12.1 Å². The first-order chi connectivity index (χ1) is 8.35. The van der Waals surface area contributed by atoms with Crippen molar-refractivity contribution in [3.05, 3.63) is 29.8 Å². The molecule has 0 saturated heterocycles. The lowest BCUT2D eigenvalue weighted by molar-refractivity contribution is -0.140. The maximum Gasteiger partial charge on any atom is 0.406 e. The molecule has 0 fully saturated rings.